The molecule has 0 radical (unpaired) electrons. The first kappa shape index (κ1) is 14.1. The van der Waals surface area contributed by atoms with Gasteiger partial charge in [-0.3, -0.25) is 4.79 Å². The molecule has 0 aromatic heterocycles. The van der Waals surface area contributed by atoms with Crippen LogP contribution >= 0.6 is 15.9 Å². The van der Waals surface area contributed by atoms with Gasteiger partial charge in [-0.05, 0) is 30.7 Å². The van der Waals surface area contributed by atoms with E-state index in [1.54, 1.807) is 0 Å². The summed E-state index contributed by atoms with van der Waals surface area (Å²) in [4.78, 5) is 12.5. The number of fused-ring (bicyclic) bond motifs is 1. The zero-order chi connectivity index (χ0) is 14.8. The van der Waals surface area contributed by atoms with Crippen molar-refractivity contribution >= 4 is 21.8 Å². The molecule has 1 aliphatic rings. The van der Waals surface area contributed by atoms with Gasteiger partial charge in [0.1, 0.15) is 5.75 Å². The summed E-state index contributed by atoms with van der Waals surface area (Å²) >= 11 is 3.47. The Morgan fingerprint density at radius 2 is 2.05 bits per heavy atom. The van der Waals surface area contributed by atoms with Crippen LogP contribution in [-0.4, -0.2) is 12.5 Å². The van der Waals surface area contributed by atoms with Crippen molar-refractivity contribution < 1.29 is 9.53 Å². The lowest BCUT2D eigenvalue weighted by Crippen LogP contribution is -2.32. The van der Waals surface area contributed by atoms with E-state index >= 15 is 0 Å². The van der Waals surface area contributed by atoms with E-state index < -0.39 is 0 Å². The summed E-state index contributed by atoms with van der Waals surface area (Å²) in [6.45, 7) is 2.57. The standard InChI is InChI=1S/C17H16BrNO2/c1-11-12(6-4-7-14(11)18)17(20)19-15-9-10-21-16-8-3-2-5-13(15)16/h2-8,15H,9-10H2,1H3,(H,19,20). The Labute approximate surface area is 132 Å². The van der Waals surface area contributed by atoms with E-state index in [1.165, 1.54) is 0 Å². The minimum Gasteiger partial charge on any atom is -0.493 e. The molecule has 0 saturated carbocycles. The van der Waals surface area contributed by atoms with Crippen LogP contribution in [0.4, 0.5) is 0 Å². The molecule has 1 aliphatic heterocycles. The highest BCUT2D eigenvalue weighted by atomic mass is 79.9. The van der Waals surface area contributed by atoms with Crippen LogP contribution in [-0.2, 0) is 0 Å². The molecule has 1 amide bonds. The number of rotatable bonds is 2. The average Bonchev–Trinajstić information content (AvgIpc) is 2.50. The summed E-state index contributed by atoms with van der Waals surface area (Å²) in [5.74, 6) is 0.815. The van der Waals surface area contributed by atoms with E-state index in [2.05, 4.69) is 21.2 Å². The normalized spacial score (nSPS) is 16.8. The number of ether oxygens (including phenoxy) is 1. The molecule has 1 N–H and O–H groups in total. The van der Waals surface area contributed by atoms with Gasteiger partial charge in [-0.2, -0.15) is 0 Å². The molecule has 1 unspecified atom stereocenters. The molecule has 0 spiro atoms. The van der Waals surface area contributed by atoms with Crippen molar-refractivity contribution in [1.29, 1.82) is 0 Å². The number of carbonyl (C=O) groups is 1. The summed E-state index contributed by atoms with van der Waals surface area (Å²) in [7, 11) is 0. The van der Waals surface area contributed by atoms with Crippen molar-refractivity contribution in [3.8, 4) is 5.75 Å². The van der Waals surface area contributed by atoms with Gasteiger partial charge in [0.15, 0.2) is 0 Å². The highest BCUT2D eigenvalue weighted by molar-refractivity contribution is 9.10. The molecule has 2 aromatic carbocycles. The van der Waals surface area contributed by atoms with Gasteiger partial charge in [-0.1, -0.05) is 40.2 Å². The lowest BCUT2D eigenvalue weighted by molar-refractivity contribution is 0.0924. The molecule has 0 fully saturated rings. The summed E-state index contributed by atoms with van der Waals surface area (Å²) in [6, 6.07) is 13.5. The maximum absolute atomic E-state index is 12.5. The maximum atomic E-state index is 12.5. The largest absolute Gasteiger partial charge is 0.493 e. The quantitative estimate of drug-likeness (QED) is 0.892. The van der Waals surface area contributed by atoms with Crippen LogP contribution in [0.1, 0.15) is 33.9 Å². The summed E-state index contributed by atoms with van der Waals surface area (Å²) in [6.07, 6.45) is 0.788. The second kappa shape index (κ2) is 5.90. The molecule has 2 aromatic rings. The zero-order valence-corrected chi connectivity index (χ0v) is 13.3. The van der Waals surface area contributed by atoms with E-state index in [0.717, 1.165) is 27.8 Å². The van der Waals surface area contributed by atoms with Gasteiger partial charge in [0.2, 0.25) is 0 Å². The Balaban J connectivity index is 1.85. The van der Waals surface area contributed by atoms with Crippen molar-refractivity contribution in [3.05, 3.63) is 63.6 Å². The van der Waals surface area contributed by atoms with E-state index in [0.29, 0.717) is 12.2 Å². The molecule has 0 saturated heterocycles. The van der Waals surface area contributed by atoms with E-state index in [9.17, 15) is 4.79 Å². The van der Waals surface area contributed by atoms with Gasteiger partial charge in [0.25, 0.3) is 5.91 Å². The summed E-state index contributed by atoms with van der Waals surface area (Å²) in [5.41, 5.74) is 2.70. The molecule has 21 heavy (non-hydrogen) atoms. The van der Waals surface area contributed by atoms with Crippen LogP contribution in [0.5, 0.6) is 5.75 Å². The molecule has 108 valence electrons. The molecule has 1 heterocycles. The van der Waals surface area contributed by atoms with Crippen LogP contribution in [0.3, 0.4) is 0 Å². The average molecular weight is 346 g/mol. The Morgan fingerprint density at radius 3 is 2.90 bits per heavy atom. The molecule has 3 nitrogen and oxygen atoms in total. The lowest BCUT2D eigenvalue weighted by atomic mass is 9.99. The van der Waals surface area contributed by atoms with Crippen molar-refractivity contribution in [2.24, 2.45) is 0 Å². The highest BCUT2D eigenvalue weighted by Crippen LogP contribution is 2.32. The fourth-order valence-corrected chi connectivity index (χ4v) is 2.95. The Bertz CT molecular complexity index is 684. The van der Waals surface area contributed by atoms with Crippen molar-refractivity contribution in [1.82, 2.24) is 5.32 Å². The van der Waals surface area contributed by atoms with Crippen molar-refractivity contribution in [2.75, 3.05) is 6.61 Å². The Hall–Kier alpha value is -1.81. The molecular weight excluding hydrogens is 330 g/mol. The maximum Gasteiger partial charge on any atom is 0.252 e. The lowest BCUT2D eigenvalue weighted by Gasteiger charge is -2.26. The second-order valence-corrected chi connectivity index (χ2v) is 5.97. The van der Waals surface area contributed by atoms with E-state index in [4.69, 9.17) is 4.74 Å². The minimum absolute atomic E-state index is 0.000770. The van der Waals surface area contributed by atoms with E-state index in [1.807, 2.05) is 49.4 Å². The van der Waals surface area contributed by atoms with E-state index in [-0.39, 0.29) is 11.9 Å². The van der Waals surface area contributed by atoms with Crippen molar-refractivity contribution in [2.45, 2.75) is 19.4 Å². The molecule has 0 aliphatic carbocycles. The predicted molar refractivity (Wildman–Crippen MR) is 85.6 cm³/mol. The highest BCUT2D eigenvalue weighted by Gasteiger charge is 2.23. The molecular formula is C17H16BrNO2. The van der Waals surface area contributed by atoms with Gasteiger partial charge < -0.3 is 10.1 Å². The third kappa shape index (κ3) is 2.81. The number of halogens is 1. The number of nitrogens with one attached hydrogen (secondary N) is 1. The summed E-state index contributed by atoms with van der Waals surface area (Å²) < 4.78 is 6.57. The number of carbonyl (C=O) groups excluding carboxylic acids is 1. The SMILES string of the molecule is Cc1c(Br)cccc1C(=O)NC1CCOc2ccccc21. The molecule has 4 heteroatoms. The molecule has 3 rings (SSSR count). The number of hydrogen-bond donors (Lipinski definition) is 1. The second-order valence-electron chi connectivity index (χ2n) is 5.11. The minimum atomic E-state index is -0.0458. The van der Waals surface area contributed by atoms with Gasteiger partial charge in [0.05, 0.1) is 12.6 Å². The van der Waals surface area contributed by atoms with Crippen LogP contribution in [0, 0.1) is 6.92 Å². The Kier molecular flexibility index (Phi) is 3.97. The Morgan fingerprint density at radius 1 is 1.24 bits per heavy atom. The molecule has 0 bridgehead atoms. The van der Waals surface area contributed by atoms with Crippen LogP contribution in [0.25, 0.3) is 0 Å². The number of amides is 1. The zero-order valence-electron chi connectivity index (χ0n) is 11.7. The first-order valence-electron chi connectivity index (χ1n) is 6.94. The van der Waals surface area contributed by atoms with Crippen molar-refractivity contribution in [3.63, 3.8) is 0 Å². The number of benzene rings is 2. The van der Waals surface area contributed by atoms with Gasteiger partial charge in [-0.25, -0.2) is 0 Å². The fourth-order valence-electron chi connectivity index (χ4n) is 2.58. The third-order valence-corrected chi connectivity index (χ3v) is 4.64. The first-order valence-corrected chi connectivity index (χ1v) is 7.74. The molecule has 1 atom stereocenters. The topological polar surface area (TPSA) is 38.3 Å². The van der Waals surface area contributed by atoms with Gasteiger partial charge in [0, 0.05) is 22.0 Å². The number of hydrogen-bond acceptors (Lipinski definition) is 2. The van der Waals surface area contributed by atoms with Gasteiger partial charge >= 0.3 is 0 Å². The third-order valence-electron chi connectivity index (χ3n) is 3.78. The number of para-hydroxylation sites is 1. The summed E-state index contributed by atoms with van der Waals surface area (Å²) in [5, 5.41) is 3.12. The fraction of sp³-hybridized carbons (Fsp3) is 0.235. The van der Waals surface area contributed by atoms with Crippen LogP contribution in [0.15, 0.2) is 46.9 Å². The smallest absolute Gasteiger partial charge is 0.252 e. The predicted octanol–water partition coefficient (Wildman–Crippen LogP) is 4.01. The van der Waals surface area contributed by atoms with Crippen LogP contribution < -0.4 is 10.1 Å². The monoisotopic (exact) mass is 345 g/mol. The van der Waals surface area contributed by atoms with Gasteiger partial charge in [-0.15, -0.1) is 0 Å². The van der Waals surface area contributed by atoms with Crippen LogP contribution in [0.2, 0.25) is 0 Å². The first-order chi connectivity index (χ1) is 10.2.